The molecule has 0 bridgehead atoms. The summed E-state index contributed by atoms with van der Waals surface area (Å²) in [4.78, 5) is 88.9. The van der Waals surface area contributed by atoms with Gasteiger partial charge in [0.1, 0.15) is 34.2 Å². The van der Waals surface area contributed by atoms with Crippen LogP contribution in [0.15, 0.2) is 451 Å². The number of nitrogens with two attached hydrogens (primary N) is 1. The number of hydrogen-bond acceptors (Lipinski definition) is 21. The third-order valence-corrected chi connectivity index (χ3v) is 20.5. The predicted octanol–water partition coefficient (Wildman–Crippen LogP) is 26.7. The number of aromatic nitrogens is 17. The van der Waals surface area contributed by atoms with E-state index in [1.165, 1.54) is 42.9 Å². The summed E-state index contributed by atoms with van der Waals surface area (Å²) in [5, 5.41) is 17.7. The maximum Gasteiger partial charge on any atom is 0.339 e. The van der Waals surface area contributed by atoms with Gasteiger partial charge in [-0.1, -0.05) is 156 Å². The van der Waals surface area contributed by atoms with Crippen molar-refractivity contribution in [1.82, 2.24) is 79.2 Å². The van der Waals surface area contributed by atoms with Gasteiger partial charge in [0, 0.05) is 177 Å². The van der Waals surface area contributed by atoms with Gasteiger partial charge in [-0.15, -0.1) is 46.4 Å². The number of aldehydes is 1. The number of carbonyl (C=O) groups is 3. The summed E-state index contributed by atoms with van der Waals surface area (Å²) in [7, 11) is 0. The normalized spacial score (nSPS) is 10.1. The van der Waals surface area contributed by atoms with Crippen molar-refractivity contribution in [3.8, 4) is 112 Å². The molecule has 0 amide bonds. The number of esters is 2. The number of alkyl halides is 5. The molecular weight excluding hydrogens is 2110 g/mol. The summed E-state index contributed by atoms with van der Waals surface area (Å²) in [6.45, 7) is 2.36. The minimum absolute atomic E-state index is 0. The number of ether oxygens (including phenoxy) is 1. The summed E-state index contributed by atoms with van der Waals surface area (Å²) < 4.78 is 21.5. The first-order valence-electron chi connectivity index (χ1n) is 43.1. The Morgan fingerprint density at radius 2 is 0.687 bits per heavy atom. The van der Waals surface area contributed by atoms with Crippen molar-refractivity contribution >= 4 is 154 Å². The lowest BCUT2D eigenvalue weighted by Gasteiger charge is -2.04. The largest absolute Gasteiger partial charge is 0.619 e. The highest BCUT2D eigenvalue weighted by Gasteiger charge is 2.14. The van der Waals surface area contributed by atoms with Crippen molar-refractivity contribution in [3.63, 3.8) is 0 Å². The van der Waals surface area contributed by atoms with Gasteiger partial charge >= 0.3 is 17.1 Å². The first-order chi connectivity index (χ1) is 69.9. The number of carbonyl (C=O) groups excluding carboxylic acids is 3. The maximum absolute atomic E-state index is 11.4. The van der Waals surface area contributed by atoms with Crippen molar-refractivity contribution < 1.29 is 43.8 Å². The molecule has 0 spiro atoms. The van der Waals surface area contributed by atoms with Crippen LogP contribution in [0.1, 0.15) is 31.7 Å². The Bertz CT molecular complexity index is 7410. The SMILES string of the molecule is C.CC(=O)OC(C)=O.ClCCl.ClCCl.Clc1cc(-c2ccncc2)ccn1.N.Nc1cc(-c2ccncc2)ccn1.O.O=CC(Br)c1ccccc1.O=P(Cl)(Cl)Cl.O=c1cc(-c2ccn3c(-c4ccccc4)cnc3c2)cc[nH]1.O[n+]1ccc(-c2ccn3c(-c4ccccc4)cnc3c2)cc1.[O-][n+]1ccc(-c2ccncc2)cc1.c1cc(-c2ccncc2)ccn1.c1ccc(-c2cnc3cc(-c4ccncc4)ccn23)cc1. The topological polar surface area (TPSA) is 409 Å². The highest BCUT2D eigenvalue weighted by Crippen LogP contribution is 2.61. The number of pyridine rings is 14. The van der Waals surface area contributed by atoms with Gasteiger partial charge in [-0.25, -0.2) is 24.9 Å². The minimum atomic E-state index is -3.22. The summed E-state index contributed by atoms with van der Waals surface area (Å²) in [6.07, 6.45) is 45.1. The van der Waals surface area contributed by atoms with Crippen molar-refractivity contribution in [2.24, 2.45) is 0 Å². The zero-order valence-corrected chi connectivity index (χ0v) is 86.3. The van der Waals surface area contributed by atoms with E-state index in [9.17, 15) is 34.2 Å². The standard InChI is InChI=1S/C18H14N3O.C18H13N3O.C18H13N3.C10H7ClN2.C10H9N3.C10H8N2O.C10H8N2.C8H7BrO.C4H6O3.2CH2Cl2.CH4.Cl3OP.H3N.H2O/c22-20-9-6-14(7-10-20)16-8-11-21-17(13-19-18(21)12-16)15-4-2-1-3-5-15;22-18-11-14(6-8-19-18)15-7-9-21-16(12-20-17(21)10-15)13-4-2-1-3-5-13;1-2-4-15(5-3-1)17-13-20-18-12-16(8-11-21(17)18)14-6-9-19-10-7-14;2*11-10-7-9(3-6-13-10)8-1-4-12-5-2-8;13-12-7-3-10(4-8-12)9-1-5-11-6-2-9;1-5-11-6-2-9(1)10-3-7-12-8-4-10;9-8(6-10)7-4-2-1-3-5-7;1-3(5)7-4(2)6;2*2-1-3;;1-5(2,3)4;;/h1-13,22H;1-12H,(H,19,22);1-13H;1-7H;1-7H,(H2,11,13);1-8H;1-8H;1-6,8H;1-2H3;2*1H2;1H4;;1H3;1H2/q+1;;;;;;;;;;;;;;. The average Bonchev–Trinajstić information content (AvgIpc) is 1.66. The Labute approximate surface area is 896 Å². The van der Waals surface area contributed by atoms with Crippen LogP contribution < -0.4 is 26.9 Å². The molecule has 0 radical (unpaired) electrons. The lowest BCUT2D eigenvalue weighted by molar-refractivity contribution is -0.904. The second-order valence-corrected chi connectivity index (χ2v) is 38.8. The molecule has 0 aliphatic rings. The van der Waals surface area contributed by atoms with E-state index in [2.05, 4.69) is 184 Å². The number of anilines is 1. The number of H-pyrrole nitrogens is 1. The van der Waals surface area contributed by atoms with Crippen LogP contribution in [0.5, 0.6) is 0 Å². The van der Waals surface area contributed by atoms with Gasteiger partial charge in [-0.2, -0.15) is 4.73 Å². The highest BCUT2D eigenvalue weighted by atomic mass is 79.9. The van der Waals surface area contributed by atoms with E-state index in [-0.39, 0.29) is 40.1 Å². The van der Waals surface area contributed by atoms with Gasteiger partial charge < -0.3 is 37.1 Å². The van der Waals surface area contributed by atoms with Gasteiger partial charge in [-0.3, -0.25) is 67.3 Å². The zero-order chi connectivity index (χ0) is 103. The number of nitrogens with zero attached hydrogens (tertiary/aromatic N) is 16. The number of halogens is 9. The molecule has 0 fully saturated rings. The molecule has 0 aliphatic heterocycles. The van der Waals surface area contributed by atoms with Gasteiger partial charge in [0.2, 0.25) is 18.0 Å². The lowest BCUT2D eigenvalue weighted by Crippen LogP contribution is -2.27. The Balaban J connectivity index is 0.000000224. The third-order valence-electron chi connectivity index (χ3n) is 19.6. The fourth-order valence-corrected chi connectivity index (χ4v) is 13.7. The van der Waals surface area contributed by atoms with Gasteiger partial charge in [0.05, 0.1) is 51.2 Å². The van der Waals surface area contributed by atoms with E-state index >= 15 is 0 Å². The fraction of sp³-hybridized carbons (Fsp3) is 0.0550. The van der Waals surface area contributed by atoms with Crippen molar-refractivity contribution in [3.05, 3.63) is 472 Å². The molecule has 17 heterocycles. The Morgan fingerprint density at radius 1 is 0.415 bits per heavy atom. The molecular formula is C109H98BrCl8N19O9P+. The highest BCUT2D eigenvalue weighted by molar-refractivity contribution is 9.09. The molecule has 28 nitrogen and oxygen atoms in total. The minimum Gasteiger partial charge on any atom is -0.619 e. The van der Waals surface area contributed by atoms with Crippen LogP contribution in [-0.2, 0) is 23.7 Å². The number of fused-ring (bicyclic) bond motifs is 3. The van der Waals surface area contributed by atoms with Crippen LogP contribution in [0.4, 0.5) is 5.82 Å². The second-order valence-electron chi connectivity index (χ2n) is 29.2. The van der Waals surface area contributed by atoms with Crippen LogP contribution in [0, 0.1) is 5.21 Å². The first kappa shape index (κ1) is 119. The molecule has 21 rings (SSSR count). The predicted molar refractivity (Wildman–Crippen MR) is 595 cm³/mol. The van der Waals surface area contributed by atoms with E-state index in [1.807, 2.05) is 254 Å². The van der Waals surface area contributed by atoms with Crippen molar-refractivity contribution in [2.75, 3.05) is 16.4 Å². The van der Waals surface area contributed by atoms with E-state index in [4.69, 9.17) is 63.7 Å². The van der Waals surface area contributed by atoms with Gasteiger partial charge in [-0.05, 0) is 257 Å². The van der Waals surface area contributed by atoms with Crippen LogP contribution >= 0.6 is 113 Å². The van der Waals surface area contributed by atoms with E-state index in [1.54, 1.807) is 124 Å². The molecule has 0 saturated carbocycles. The third kappa shape index (κ3) is 40.6. The summed E-state index contributed by atoms with van der Waals surface area (Å²) >= 11 is 41.9. The summed E-state index contributed by atoms with van der Waals surface area (Å²) in [5.41, 5.74) is 30.8. The maximum atomic E-state index is 11.4. The Hall–Kier alpha value is -15.4. The number of nitrogens with one attached hydrogen (secondary N) is 1. The molecule has 1 atom stereocenters. The first-order valence-corrected chi connectivity index (χ1v) is 50.9. The number of benzene rings is 4. The zero-order valence-electron chi connectivity index (χ0n) is 77.8. The number of imidazole rings is 3. The molecule has 38 heteroatoms. The van der Waals surface area contributed by atoms with Gasteiger partial charge in [0.25, 0.3) is 0 Å². The van der Waals surface area contributed by atoms with E-state index < -0.39 is 17.1 Å². The molecule has 9 N–H and O–H groups in total. The van der Waals surface area contributed by atoms with E-state index in [0.29, 0.717) is 11.0 Å². The Morgan fingerprint density at radius 3 is 0.993 bits per heavy atom. The number of aromatic amines is 1. The van der Waals surface area contributed by atoms with E-state index in [0.717, 1.165) is 133 Å². The molecule has 147 heavy (non-hydrogen) atoms. The molecule has 4 aromatic carbocycles. The number of hydrogen-bond donors (Lipinski definition) is 4. The van der Waals surface area contributed by atoms with Crippen molar-refractivity contribution in [1.29, 1.82) is 0 Å². The smallest absolute Gasteiger partial charge is 0.339 e. The molecule has 17 aromatic heterocycles. The fourth-order valence-electron chi connectivity index (χ4n) is 13.2. The number of rotatable bonds is 12. The van der Waals surface area contributed by atoms with Crippen LogP contribution in [0.2, 0.25) is 5.15 Å². The Kier molecular flexibility index (Phi) is 51.9. The summed E-state index contributed by atoms with van der Waals surface area (Å²) in [6, 6.07) is 94.3. The molecule has 750 valence electrons. The summed E-state index contributed by atoms with van der Waals surface area (Å²) in [5.74, 6) is -0.589. The molecule has 0 saturated heterocycles. The molecule has 0 aliphatic carbocycles. The number of nitrogen functional groups attached to an aromatic ring is 1. The lowest BCUT2D eigenvalue weighted by atomic mass is 10.1. The molecule has 1 unspecified atom stereocenters. The molecule has 21 aromatic rings. The average molecular weight is 2210 g/mol. The quantitative estimate of drug-likeness (QED) is 0.0102. The monoisotopic (exact) mass is 2210 g/mol. The van der Waals surface area contributed by atoms with Gasteiger partial charge in [0.15, 0.2) is 12.4 Å². The second kappa shape index (κ2) is 64.3. The van der Waals surface area contributed by atoms with Crippen molar-refractivity contribution in [2.45, 2.75) is 26.1 Å². The van der Waals surface area contributed by atoms with Crippen LogP contribution in [-0.4, -0.2) is 113 Å². The van der Waals surface area contributed by atoms with Crippen LogP contribution in [0.25, 0.3) is 129 Å². The van der Waals surface area contributed by atoms with Crippen LogP contribution in [0.3, 0.4) is 0 Å².